The summed E-state index contributed by atoms with van der Waals surface area (Å²) < 4.78 is 40.8. The Morgan fingerprint density at radius 3 is 2.57 bits per heavy atom. The molecule has 2 aliphatic heterocycles. The van der Waals surface area contributed by atoms with Crippen LogP contribution in [0.5, 0.6) is 5.88 Å². The van der Waals surface area contributed by atoms with E-state index in [1.54, 1.807) is 0 Å². The van der Waals surface area contributed by atoms with Crippen LogP contribution in [0.25, 0.3) is 0 Å². The Hall–Kier alpha value is -1.21. The summed E-state index contributed by atoms with van der Waals surface area (Å²) in [5, 5.41) is 0. The number of pyridine rings is 1. The van der Waals surface area contributed by atoms with E-state index >= 15 is 0 Å². The number of hydrogen-bond donors (Lipinski definition) is 0. The van der Waals surface area contributed by atoms with Crippen molar-refractivity contribution in [3.05, 3.63) is 24.1 Å². The standard InChI is InChI=1S/C14H19FN2O3S/c15-12-1-2-13(16-9-12)20-8-7-17-5-3-14(4-6-17)10-21(18,19)11-14/h1-2,9H,3-8,10-11H2. The van der Waals surface area contributed by atoms with Gasteiger partial charge in [-0.2, -0.15) is 0 Å². The molecule has 3 rings (SSSR count). The first-order chi connectivity index (χ1) is 9.96. The zero-order valence-corrected chi connectivity index (χ0v) is 12.6. The molecule has 21 heavy (non-hydrogen) atoms. The molecule has 0 aliphatic carbocycles. The molecule has 2 aliphatic rings. The molecule has 0 amide bonds. The van der Waals surface area contributed by atoms with Gasteiger partial charge in [-0.3, -0.25) is 4.90 Å². The van der Waals surface area contributed by atoms with Gasteiger partial charge in [0.2, 0.25) is 5.88 Å². The van der Waals surface area contributed by atoms with Gasteiger partial charge in [-0.1, -0.05) is 0 Å². The van der Waals surface area contributed by atoms with Gasteiger partial charge in [0.15, 0.2) is 9.84 Å². The van der Waals surface area contributed by atoms with Crippen molar-refractivity contribution in [1.29, 1.82) is 0 Å². The Kier molecular flexibility index (Phi) is 3.88. The van der Waals surface area contributed by atoms with Gasteiger partial charge in [0.25, 0.3) is 0 Å². The summed E-state index contributed by atoms with van der Waals surface area (Å²) in [5.41, 5.74) is 0.0503. The van der Waals surface area contributed by atoms with Gasteiger partial charge < -0.3 is 4.74 Å². The minimum atomic E-state index is -2.75. The smallest absolute Gasteiger partial charge is 0.213 e. The molecule has 0 saturated carbocycles. The minimum absolute atomic E-state index is 0.0503. The van der Waals surface area contributed by atoms with Gasteiger partial charge in [0.05, 0.1) is 17.7 Å². The van der Waals surface area contributed by atoms with E-state index in [-0.39, 0.29) is 11.2 Å². The van der Waals surface area contributed by atoms with Crippen molar-refractivity contribution in [2.24, 2.45) is 5.41 Å². The SMILES string of the molecule is O=S1(=O)CC2(CCN(CCOc3ccc(F)cn3)CC2)C1. The van der Waals surface area contributed by atoms with Crippen molar-refractivity contribution < 1.29 is 17.5 Å². The number of nitrogens with zero attached hydrogens (tertiary/aromatic N) is 2. The third-order valence-corrected chi connectivity index (χ3v) is 6.43. The van der Waals surface area contributed by atoms with Gasteiger partial charge in [0.1, 0.15) is 12.4 Å². The molecule has 0 bridgehead atoms. The summed E-state index contributed by atoms with van der Waals surface area (Å²) >= 11 is 0. The first-order valence-corrected chi connectivity index (χ1v) is 8.96. The number of ether oxygens (including phenoxy) is 1. The maximum Gasteiger partial charge on any atom is 0.213 e. The number of hydrogen-bond acceptors (Lipinski definition) is 5. The van der Waals surface area contributed by atoms with E-state index in [1.807, 2.05) is 0 Å². The number of likely N-dealkylation sites (tertiary alicyclic amines) is 1. The molecule has 0 radical (unpaired) electrons. The normalized spacial score (nSPS) is 23.7. The lowest BCUT2D eigenvalue weighted by molar-refractivity contribution is 0.109. The van der Waals surface area contributed by atoms with Crippen LogP contribution in [0, 0.1) is 11.2 Å². The van der Waals surface area contributed by atoms with Gasteiger partial charge >= 0.3 is 0 Å². The molecule has 116 valence electrons. The summed E-state index contributed by atoms with van der Waals surface area (Å²) in [5.74, 6) is 0.780. The highest BCUT2D eigenvalue weighted by atomic mass is 32.2. The average molecular weight is 314 g/mol. The lowest BCUT2D eigenvalue weighted by Crippen LogP contribution is -2.54. The third-order valence-electron chi connectivity index (χ3n) is 4.33. The second kappa shape index (κ2) is 5.53. The fourth-order valence-corrected chi connectivity index (χ4v) is 5.52. The highest BCUT2D eigenvalue weighted by Gasteiger charge is 2.49. The van der Waals surface area contributed by atoms with Crippen molar-refractivity contribution >= 4 is 9.84 Å². The Morgan fingerprint density at radius 1 is 1.29 bits per heavy atom. The molecule has 0 atom stereocenters. The molecule has 2 saturated heterocycles. The zero-order valence-electron chi connectivity index (χ0n) is 11.8. The predicted molar refractivity (Wildman–Crippen MR) is 76.5 cm³/mol. The van der Waals surface area contributed by atoms with E-state index in [4.69, 9.17) is 4.74 Å². The van der Waals surface area contributed by atoms with Crippen LogP contribution < -0.4 is 4.74 Å². The topological polar surface area (TPSA) is 59.5 Å². The minimum Gasteiger partial charge on any atom is -0.476 e. The molecule has 5 nitrogen and oxygen atoms in total. The van der Waals surface area contributed by atoms with Crippen LogP contribution in [0.2, 0.25) is 0 Å². The molecule has 2 fully saturated rings. The molecule has 1 aromatic rings. The molecule has 7 heteroatoms. The molecule has 0 unspecified atom stereocenters. The van der Waals surface area contributed by atoms with Gasteiger partial charge in [-0.15, -0.1) is 0 Å². The van der Waals surface area contributed by atoms with Crippen LogP contribution in [0.15, 0.2) is 18.3 Å². The van der Waals surface area contributed by atoms with Gasteiger partial charge in [-0.25, -0.2) is 17.8 Å². The van der Waals surface area contributed by atoms with Crippen molar-refractivity contribution in [2.75, 3.05) is 37.7 Å². The molecular formula is C14H19FN2O3S. The summed E-state index contributed by atoms with van der Waals surface area (Å²) in [6.07, 6.45) is 3.03. The lowest BCUT2D eigenvalue weighted by atomic mass is 9.81. The predicted octanol–water partition coefficient (Wildman–Crippen LogP) is 1.11. The van der Waals surface area contributed by atoms with Crippen molar-refractivity contribution in [3.8, 4) is 5.88 Å². The molecular weight excluding hydrogens is 295 g/mol. The van der Waals surface area contributed by atoms with E-state index < -0.39 is 9.84 Å². The molecule has 1 spiro atoms. The molecule has 3 heterocycles. The van der Waals surface area contributed by atoms with E-state index in [0.29, 0.717) is 24.0 Å². The van der Waals surface area contributed by atoms with Crippen LogP contribution in [-0.4, -0.2) is 56.0 Å². The quantitative estimate of drug-likeness (QED) is 0.833. The average Bonchev–Trinajstić information content (AvgIpc) is 2.41. The van der Waals surface area contributed by atoms with Crippen LogP contribution in [0.4, 0.5) is 4.39 Å². The number of halogens is 1. The molecule has 0 aromatic carbocycles. The maximum absolute atomic E-state index is 12.7. The van der Waals surface area contributed by atoms with E-state index in [0.717, 1.165) is 38.7 Å². The molecule has 1 aromatic heterocycles. The Morgan fingerprint density at radius 2 is 2.00 bits per heavy atom. The van der Waals surface area contributed by atoms with Crippen LogP contribution >= 0.6 is 0 Å². The largest absolute Gasteiger partial charge is 0.476 e. The Labute approximate surface area is 124 Å². The van der Waals surface area contributed by atoms with E-state index in [2.05, 4.69) is 9.88 Å². The lowest BCUT2D eigenvalue weighted by Gasteiger charge is -2.47. The number of piperidine rings is 1. The highest BCUT2D eigenvalue weighted by molar-refractivity contribution is 7.92. The number of rotatable bonds is 4. The number of aromatic nitrogens is 1. The van der Waals surface area contributed by atoms with Crippen molar-refractivity contribution in [3.63, 3.8) is 0 Å². The summed E-state index contributed by atoms with van der Waals surface area (Å²) in [6.45, 7) is 3.11. The second-order valence-electron chi connectivity index (χ2n) is 6.04. The Bertz CT molecular complexity index is 581. The summed E-state index contributed by atoms with van der Waals surface area (Å²) in [6, 6.07) is 2.84. The summed E-state index contributed by atoms with van der Waals surface area (Å²) in [7, 11) is -2.75. The maximum atomic E-state index is 12.7. The summed E-state index contributed by atoms with van der Waals surface area (Å²) in [4.78, 5) is 6.12. The fourth-order valence-electron chi connectivity index (χ4n) is 3.16. The fraction of sp³-hybridized carbons (Fsp3) is 0.643. The van der Waals surface area contributed by atoms with Crippen molar-refractivity contribution in [1.82, 2.24) is 9.88 Å². The monoisotopic (exact) mass is 314 g/mol. The van der Waals surface area contributed by atoms with Gasteiger partial charge in [0, 0.05) is 18.0 Å². The number of sulfone groups is 1. The van der Waals surface area contributed by atoms with Crippen LogP contribution in [0.1, 0.15) is 12.8 Å². The third kappa shape index (κ3) is 3.52. The first kappa shape index (κ1) is 14.7. The van der Waals surface area contributed by atoms with E-state index in [1.165, 1.54) is 12.1 Å². The first-order valence-electron chi connectivity index (χ1n) is 7.14. The van der Waals surface area contributed by atoms with Crippen LogP contribution in [-0.2, 0) is 9.84 Å². The van der Waals surface area contributed by atoms with E-state index in [9.17, 15) is 12.8 Å². The molecule has 0 N–H and O–H groups in total. The Balaban J connectivity index is 1.39. The zero-order chi connectivity index (χ0) is 14.9. The van der Waals surface area contributed by atoms with Crippen molar-refractivity contribution in [2.45, 2.75) is 12.8 Å². The second-order valence-corrected chi connectivity index (χ2v) is 8.10. The van der Waals surface area contributed by atoms with Crippen LogP contribution in [0.3, 0.4) is 0 Å². The van der Waals surface area contributed by atoms with Gasteiger partial charge in [-0.05, 0) is 32.0 Å². The highest BCUT2D eigenvalue weighted by Crippen LogP contribution is 2.42.